The maximum Gasteiger partial charge on any atom is 0.247 e. The SMILES string of the molecule is COc1ccc(CC(=O)N2CCC(c3ccc(Cl)s3)=N2)cc1. The van der Waals surface area contributed by atoms with Crippen LogP contribution < -0.4 is 4.74 Å². The number of halogens is 1. The third-order valence-electron chi connectivity index (χ3n) is 3.46. The quantitative estimate of drug-likeness (QED) is 0.857. The Balaban J connectivity index is 1.66. The van der Waals surface area contributed by atoms with Crippen LogP contribution in [0.25, 0.3) is 0 Å². The summed E-state index contributed by atoms with van der Waals surface area (Å²) in [4.78, 5) is 13.3. The number of methoxy groups -OCH3 is 1. The number of rotatable bonds is 4. The first-order chi connectivity index (χ1) is 10.7. The van der Waals surface area contributed by atoms with Crippen LogP contribution >= 0.6 is 22.9 Å². The van der Waals surface area contributed by atoms with Gasteiger partial charge in [-0.15, -0.1) is 11.3 Å². The van der Waals surface area contributed by atoms with E-state index >= 15 is 0 Å². The Hall–Kier alpha value is -1.85. The molecule has 6 heteroatoms. The zero-order chi connectivity index (χ0) is 15.5. The molecule has 1 aromatic carbocycles. The second kappa shape index (κ2) is 6.50. The molecule has 114 valence electrons. The van der Waals surface area contributed by atoms with E-state index in [2.05, 4.69) is 5.10 Å². The number of carbonyl (C=O) groups excluding carboxylic acids is 1. The highest BCUT2D eigenvalue weighted by atomic mass is 35.5. The van der Waals surface area contributed by atoms with Crippen LogP contribution in [0.2, 0.25) is 4.34 Å². The van der Waals surface area contributed by atoms with Crippen molar-refractivity contribution in [2.75, 3.05) is 13.7 Å². The highest BCUT2D eigenvalue weighted by Gasteiger charge is 2.22. The number of amides is 1. The smallest absolute Gasteiger partial charge is 0.247 e. The summed E-state index contributed by atoms with van der Waals surface area (Å²) in [6.07, 6.45) is 1.11. The number of thiophene rings is 1. The first kappa shape index (κ1) is 15.1. The number of benzene rings is 1. The van der Waals surface area contributed by atoms with Gasteiger partial charge in [-0.1, -0.05) is 23.7 Å². The number of nitrogens with zero attached hydrogens (tertiary/aromatic N) is 2. The lowest BCUT2D eigenvalue weighted by molar-refractivity contribution is -0.130. The lowest BCUT2D eigenvalue weighted by Crippen LogP contribution is -2.25. The summed E-state index contributed by atoms with van der Waals surface area (Å²) in [7, 11) is 1.62. The standard InChI is InChI=1S/C16H15ClN2O2S/c1-21-12-4-2-11(3-5-12)10-16(20)19-9-8-13(18-19)14-6-7-15(17)22-14/h2-7H,8-10H2,1H3. The van der Waals surface area contributed by atoms with Gasteiger partial charge in [-0.25, -0.2) is 5.01 Å². The minimum absolute atomic E-state index is 0.00261. The Morgan fingerprint density at radius 3 is 2.73 bits per heavy atom. The number of carbonyl (C=O) groups is 1. The summed E-state index contributed by atoms with van der Waals surface area (Å²) in [5.41, 5.74) is 1.88. The summed E-state index contributed by atoms with van der Waals surface area (Å²) >= 11 is 7.43. The Morgan fingerprint density at radius 1 is 1.32 bits per heavy atom. The van der Waals surface area contributed by atoms with Gasteiger partial charge in [0.1, 0.15) is 5.75 Å². The first-order valence-electron chi connectivity index (χ1n) is 6.92. The minimum Gasteiger partial charge on any atom is -0.497 e. The van der Waals surface area contributed by atoms with Crippen molar-refractivity contribution >= 4 is 34.6 Å². The van der Waals surface area contributed by atoms with E-state index in [-0.39, 0.29) is 5.91 Å². The highest BCUT2D eigenvalue weighted by Crippen LogP contribution is 2.25. The van der Waals surface area contributed by atoms with Gasteiger partial charge in [0.05, 0.1) is 35.0 Å². The summed E-state index contributed by atoms with van der Waals surface area (Å²) in [5.74, 6) is 0.787. The molecule has 22 heavy (non-hydrogen) atoms. The third-order valence-corrected chi connectivity index (χ3v) is 4.74. The van der Waals surface area contributed by atoms with Gasteiger partial charge in [-0.3, -0.25) is 4.79 Å². The molecule has 2 heterocycles. The predicted octanol–water partition coefficient (Wildman–Crippen LogP) is 3.59. The molecule has 0 fully saturated rings. The fourth-order valence-corrected chi connectivity index (χ4v) is 3.34. The van der Waals surface area contributed by atoms with Crippen LogP contribution in [0.15, 0.2) is 41.5 Å². The van der Waals surface area contributed by atoms with Crippen molar-refractivity contribution < 1.29 is 9.53 Å². The Labute approximate surface area is 138 Å². The molecule has 0 atom stereocenters. The van der Waals surface area contributed by atoms with Crippen molar-refractivity contribution in [1.29, 1.82) is 0 Å². The van der Waals surface area contributed by atoms with Crippen LogP contribution in [0.1, 0.15) is 16.9 Å². The molecule has 0 radical (unpaired) electrons. The van der Waals surface area contributed by atoms with Crippen LogP contribution in [0.4, 0.5) is 0 Å². The van der Waals surface area contributed by atoms with Gasteiger partial charge < -0.3 is 4.74 Å². The van der Waals surface area contributed by atoms with E-state index in [4.69, 9.17) is 16.3 Å². The average molecular weight is 335 g/mol. The van der Waals surface area contributed by atoms with Gasteiger partial charge in [-0.2, -0.15) is 5.10 Å². The monoisotopic (exact) mass is 334 g/mol. The van der Waals surface area contributed by atoms with Gasteiger partial charge >= 0.3 is 0 Å². The second-order valence-corrected chi connectivity index (χ2v) is 6.66. The number of hydrogen-bond acceptors (Lipinski definition) is 4. The van der Waals surface area contributed by atoms with E-state index < -0.39 is 0 Å². The number of hydrogen-bond donors (Lipinski definition) is 0. The molecule has 0 aliphatic carbocycles. The molecule has 0 saturated heterocycles. The van der Waals surface area contributed by atoms with Gasteiger partial charge in [0.25, 0.3) is 0 Å². The normalized spacial score (nSPS) is 14.1. The lowest BCUT2D eigenvalue weighted by atomic mass is 10.1. The topological polar surface area (TPSA) is 41.9 Å². The van der Waals surface area contributed by atoms with E-state index in [0.717, 1.165) is 32.7 Å². The zero-order valence-corrected chi connectivity index (χ0v) is 13.7. The molecule has 0 unspecified atom stereocenters. The number of hydrazone groups is 1. The maximum atomic E-state index is 12.3. The fraction of sp³-hybridized carbons (Fsp3) is 0.250. The van der Waals surface area contributed by atoms with Crippen LogP contribution in [-0.4, -0.2) is 30.3 Å². The summed E-state index contributed by atoms with van der Waals surface area (Å²) in [5, 5.41) is 5.98. The van der Waals surface area contributed by atoms with Gasteiger partial charge in [-0.05, 0) is 29.8 Å². The molecule has 1 aromatic heterocycles. The van der Waals surface area contributed by atoms with Crippen molar-refractivity contribution in [1.82, 2.24) is 5.01 Å². The van der Waals surface area contributed by atoms with E-state index in [1.54, 1.807) is 12.1 Å². The average Bonchev–Trinajstić information content (AvgIpc) is 3.16. The summed E-state index contributed by atoms with van der Waals surface area (Å²) in [6.45, 7) is 0.625. The molecular weight excluding hydrogens is 320 g/mol. The maximum absolute atomic E-state index is 12.3. The molecule has 1 aliphatic heterocycles. The Bertz CT molecular complexity index is 709. The molecule has 2 aromatic rings. The third kappa shape index (κ3) is 3.31. The van der Waals surface area contributed by atoms with Gasteiger partial charge in [0.2, 0.25) is 5.91 Å². The summed E-state index contributed by atoms with van der Waals surface area (Å²) < 4.78 is 5.85. The largest absolute Gasteiger partial charge is 0.497 e. The summed E-state index contributed by atoms with van der Waals surface area (Å²) in [6, 6.07) is 11.3. The molecule has 0 bridgehead atoms. The van der Waals surface area contributed by atoms with Crippen molar-refractivity contribution in [3.8, 4) is 5.75 Å². The van der Waals surface area contributed by atoms with Crippen LogP contribution in [0.3, 0.4) is 0 Å². The predicted molar refractivity (Wildman–Crippen MR) is 88.9 cm³/mol. The van der Waals surface area contributed by atoms with E-state index in [1.807, 2.05) is 36.4 Å². The Kier molecular flexibility index (Phi) is 4.45. The minimum atomic E-state index is 0.00261. The lowest BCUT2D eigenvalue weighted by Gasteiger charge is -2.11. The van der Waals surface area contributed by atoms with Crippen molar-refractivity contribution in [2.24, 2.45) is 5.10 Å². The molecule has 4 nitrogen and oxygen atoms in total. The molecule has 0 N–H and O–H groups in total. The fourth-order valence-electron chi connectivity index (χ4n) is 2.29. The van der Waals surface area contributed by atoms with Crippen molar-refractivity contribution in [3.63, 3.8) is 0 Å². The van der Waals surface area contributed by atoms with Crippen molar-refractivity contribution in [3.05, 3.63) is 51.2 Å². The second-order valence-electron chi connectivity index (χ2n) is 4.94. The zero-order valence-electron chi connectivity index (χ0n) is 12.1. The molecule has 1 amide bonds. The van der Waals surface area contributed by atoms with E-state index in [1.165, 1.54) is 11.3 Å². The van der Waals surface area contributed by atoms with Crippen LogP contribution in [0, 0.1) is 0 Å². The van der Waals surface area contributed by atoms with Crippen LogP contribution in [-0.2, 0) is 11.2 Å². The first-order valence-corrected chi connectivity index (χ1v) is 8.11. The van der Waals surface area contributed by atoms with Crippen LogP contribution in [0.5, 0.6) is 5.75 Å². The van der Waals surface area contributed by atoms with E-state index in [0.29, 0.717) is 13.0 Å². The molecule has 3 rings (SSSR count). The van der Waals surface area contributed by atoms with Gasteiger partial charge in [0, 0.05) is 6.42 Å². The molecule has 0 spiro atoms. The van der Waals surface area contributed by atoms with E-state index in [9.17, 15) is 4.79 Å². The number of ether oxygens (including phenoxy) is 1. The van der Waals surface area contributed by atoms with Gasteiger partial charge in [0.15, 0.2) is 0 Å². The Morgan fingerprint density at radius 2 is 2.09 bits per heavy atom. The highest BCUT2D eigenvalue weighted by molar-refractivity contribution is 7.18. The molecule has 0 saturated carbocycles. The molecular formula is C16H15ClN2O2S. The van der Waals surface area contributed by atoms with Crippen molar-refractivity contribution in [2.45, 2.75) is 12.8 Å². The molecule has 1 aliphatic rings.